The third kappa shape index (κ3) is 3.87. The fourth-order valence-corrected chi connectivity index (χ4v) is 3.59. The van der Waals surface area contributed by atoms with E-state index in [-0.39, 0.29) is 29.9 Å². The lowest BCUT2D eigenvalue weighted by Gasteiger charge is -2.30. The van der Waals surface area contributed by atoms with Gasteiger partial charge in [-0.05, 0) is 56.0 Å². The zero-order valence-electron chi connectivity index (χ0n) is 14.2. The molecule has 2 aromatic rings. The maximum absolute atomic E-state index is 10.1. The van der Waals surface area contributed by atoms with Gasteiger partial charge in [-0.2, -0.15) is 5.26 Å². The summed E-state index contributed by atoms with van der Waals surface area (Å²) in [5.74, 6) is 0.678. The number of rotatable bonds is 3. The van der Waals surface area contributed by atoms with Crippen molar-refractivity contribution in [3.05, 3.63) is 41.5 Å². The van der Waals surface area contributed by atoms with Crippen LogP contribution < -0.4 is 11.1 Å². The number of para-hydroxylation sites is 1. The van der Waals surface area contributed by atoms with Gasteiger partial charge in [0.2, 0.25) is 0 Å². The molecule has 4 N–H and O–H groups in total. The molecule has 25 heavy (non-hydrogen) atoms. The van der Waals surface area contributed by atoms with E-state index in [1.54, 1.807) is 12.1 Å². The maximum atomic E-state index is 10.1. The van der Waals surface area contributed by atoms with Gasteiger partial charge in [0, 0.05) is 11.6 Å². The molecule has 1 aromatic carbocycles. The molecule has 6 heteroatoms. The van der Waals surface area contributed by atoms with Crippen LogP contribution in [-0.2, 0) is 0 Å². The van der Waals surface area contributed by atoms with Gasteiger partial charge in [-0.1, -0.05) is 18.6 Å². The van der Waals surface area contributed by atoms with Gasteiger partial charge >= 0.3 is 0 Å². The smallest absolute Gasteiger partial charge is 0.142 e. The van der Waals surface area contributed by atoms with Crippen LogP contribution in [0.2, 0.25) is 0 Å². The molecule has 1 aliphatic rings. The van der Waals surface area contributed by atoms with Crippen LogP contribution in [0.15, 0.2) is 30.3 Å². The van der Waals surface area contributed by atoms with Gasteiger partial charge in [-0.25, -0.2) is 4.98 Å². The number of nitrogens with one attached hydrogen (secondary N) is 1. The van der Waals surface area contributed by atoms with E-state index in [0.717, 1.165) is 31.2 Å². The monoisotopic (exact) mass is 358 g/mol. The Morgan fingerprint density at radius 3 is 2.76 bits per heavy atom. The first-order valence-electron chi connectivity index (χ1n) is 8.30. The third-order valence-electron chi connectivity index (χ3n) is 4.89. The number of pyridine rings is 1. The Balaban J connectivity index is 0.00000225. The molecule has 1 aromatic heterocycles. The lowest BCUT2D eigenvalue weighted by molar-refractivity contribution is 0.355. The van der Waals surface area contributed by atoms with Crippen LogP contribution in [0.3, 0.4) is 0 Å². The first kappa shape index (κ1) is 19.0. The summed E-state index contributed by atoms with van der Waals surface area (Å²) in [6, 6.07) is 11.7. The number of nitriles is 1. The second kappa shape index (κ2) is 8.19. The number of anilines is 1. The van der Waals surface area contributed by atoms with Crippen LogP contribution in [0, 0.1) is 11.3 Å². The maximum Gasteiger partial charge on any atom is 0.142 e. The van der Waals surface area contributed by atoms with Crippen LogP contribution >= 0.6 is 12.4 Å². The quantitative estimate of drug-likeness (QED) is 0.779. The number of nitrogens with zero attached hydrogens (tertiary/aromatic N) is 2. The number of nitrogen functional groups attached to an aromatic ring is 1. The Bertz CT molecular complexity index is 787. The molecule has 2 atom stereocenters. The van der Waals surface area contributed by atoms with E-state index in [1.807, 2.05) is 25.2 Å². The minimum Gasteiger partial charge on any atom is -0.507 e. The average Bonchev–Trinajstić information content (AvgIpc) is 2.61. The third-order valence-corrected chi connectivity index (χ3v) is 4.89. The second-order valence-electron chi connectivity index (χ2n) is 6.34. The van der Waals surface area contributed by atoms with Gasteiger partial charge < -0.3 is 16.2 Å². The summed E-state index contributed by atoms with van der Waals surface area (Å²) in [7, 11) is 1.98. The lowest BCUT2D eigenvalue weighted by Crippen LogP contribution is -2.30. The minimum atomic E-state index is 0. The van der Waals surface area contributed by atoms with E-state index in [1.165, 1.54) is 0 Å². The molecule has 132 valence electrons. The highest BCUT2D eigenvalue weighted by Gasteiger charge is 2.26. The van der Waals surface area contributed by atoms with E-state index >= 15 is 0 Å². The predicted molar refractivity (Wildman–Crippen MR) is 102 cm³/mol. The van der Waals surface area contributed by atoms with E-state index in [9.17, 15) is 10.4 Å². The number of aromatic hydroxyl groups is 1. The average molecular weight is 359 g/mol. The summed E-state index contributed by atoms with van der Waals surface area (Å²) in [5.41, 5.74) is 8.73. The molecule has 0 saturated heterocycles. The van der Waals surface area contributed by atoms with Crippen LogP contribution in [0.1, 0.15) is 42.7 Å². The fraction of sp³-hybridized carbons (Fsp3) is 0.368. The summed E-state index contributed by atoms with van der Waals surface area (Å²) in [4.78, 5) is 4.35. The van der Waals surface area contributed by atoms with E-state index in [0.29, 0.717) is 22.9 Å². The van der Waals surface area contributed by atoms with Gasteiger partial charge in [0.05, 0.1) is 11.3 Å². The molecule has 0 amide bonds. The van der Waals surface area contributed by atoms with Crippen molar-refractivity contribution in [3.63, 3.8) is 0 Å². The summed E-state index contributed by atoms with van der Waals surface area (Å²) in [6.07, 6.45) is 4.29. The molecule has 1 fully saturated rings. The van der Waals surface area contributed by atoms with Crippen molar-refractivity contribution in [2.75, 3.05) is 12.8 Å². The lowest BCUT2D eigenvalue weighted by atomic mass is 9.79. The van der Waals surface area contributed by atoms with Gasteiger partial charge in [0.25, 0.3) is 0 Å². The Labute approximate surface area is 154 Å². The number of phenolic OH excluding ortho intramolecular Hbond substituents is 1. The summed E-state index contributed by atoms with van der Waals surface area (Å²) < 4.78 is 0. The van der Waals surface area contributed by atoms with Crippen molar-refractivity contribution in [3.8, 4) is 23.1 Å². The fourth-order valence-electron chi connectivity index (χ4n) is 3.59. The molecule has 0 aliphatic heterocycles. The van der Waals surface area contributed by atoms with Crippen molar-refractivity contribution in [2.24, 2.45) is 0 Å². The molecule has 2 unspecified atom stereocenters. The Morgan fingerprint density at radius 1 is 1.32 bits per heavy atom. The number of phenols is 1. The highest BCUT2D eigenvalue weighted by atomic mass is 35.5. The van der Waals surface area contributed by atoms with Gasteiger partial charge in [0.15, 0.2) is 0 Å². The van der Waals surface area contributed by atoms with Crippen LogP contribution in [0.4, 0.5) is 5.82 Å². The van der Waals surface area contributed by atoms with Crippen LogP contribution in [0.25, 0.3) is 11.3 Å². The van der Waals surface area contributed by atoms with E-state index in [4.69, 9.17) is 5.73 Å². The number of nitrogens with two attached hydrogens (primary N) is 1. The Hall–Kier alpha value is -2.29. The topological polar surface area (TPSA) is 95.0 Å². The molecular formula is C19H23ClN4O. The highest BCUT2D eigenvalue weighted by molar-refractivity contribution is 5.85. The van der Waals surface area contributed by atoms with Crippen molar-refractivity contribution in [1.29, 1.82) is 5.26 Å². The Morgan fingerprint density at radius 2 is 2.08 bits per heavy atom. The number of hydrogen-bond acceptors (Lipinski definition) is 5. The second-order valence-corrected chi connectivity index (χ2v) is 6.34. The van der Waals surface area contributed by atoms with E-state index < -0.39 is 0 Å². The molecule has 0 radical (unpaired) electrons. The molecule has 0 bridgehead atoms. The van der Waals surface area contributed by atoms with Gasteiger partial charge in [-0.15, -0.1) is 12.4 Å². The molecular weight excluding hydrogens is 336 g/mol. The first-order valence-corrected chi connectivity index (χ1v) is 8.30. The van der Waals surface area contributed by atoms with Crippen molar-refractivity contribution in [2.45, 2.75) is 37.6 Å². The number of benzene rings is 1. The molecule has 0 spiro atoms. The van der Waals surface area contributed by atoms with Crippen molar-refractivity contribution < 1.29 is 5.11 Å². The Kier molecular flexibility index (Phi) is 6.24. The van der Waals surface area contributed by atoms with Crippen molar-refractivity contribution >= 4 is 18.2 Å². The zero-order valence-corrected chi connectivity index (χ0v) is 15.0. The molecule has 1 aliphatic carbocycles. The van der Waals surface area contributed by atoms with Gasteiger partial charge in [-0.3, -0.25) is 0 Å². The molecule has 5 nitrogen and oxygen atoms in total. The first-order chi connectivity index (χ1) is 11.6. The molecule has 1 heterocycles. The van der Waals surface area contributed by atoms with Crippen molar-refractivity contribution in [1.82, 2.24) is 10.3 Å². The highest BCUT2D eigenvalue weighted by Crippen LogP contribution is 2.38. The normalized spacial score (nSPS) is 19.7. The number of halogens is 1. The predicted octanol–water partition coefficient (Wildman–Crippen LogP) is 3.58. The SMILES string of the molecule is CNC1CCCC(c2cc(-c3ccccc3O)nc(N)c2C#N)C1.Cl. The number of aromatic nitrogens is 1. The van der Waals surface area contributed by atoms with Crippen LogP contribution in [0.5, 0.6) is 5.75 Å². The summed E-state index contributed by atoms with van der Waals surface area (Å²) in [5, 5.41) is 23.0. The standard InChI is InChI=1S/C19H22N4O.ClH/c1-22-13-6-4-5-12(9-13)15-10-17(23-19(21)16(15)11-20)14-7-2-3-8-18(14)24;/h2-3,7-8,10,12-13,22,24H,4-6,9H2,1H3,(H2,21,23);1H. The zero-order chi connectivity index (χ0) is 17.1. The van der Waals surface area contributed by atoms with E-state index in [2.05, 4.69) is 16.4 Å². The minimum absolute atomic E-state index is 0. The van der Waals surface area contributed by atoms with Crippen LogP contribution in [-0.4, -0.2) is 23.2 Å². The van der Waals surface area contributed by atoms with Gasteiger partial charge in [0.1, 0.15) is 17.6 Å². The largest absolute Gasteiger partial charge is 0.507 e. The molecule has 3 rings (SSSR count). The summed E-state index contributed by atoms with van der Waals surface area (Å²) in [6.45, 7) is 0. The molecule has 1 saturated carbocycles. The number of hydrogen-bond donors (Lipinski definition) is 3. The summed E-state index contributed by atoms with van der Waals surface area (Å²) >= 11 is 0.